The van der Waals surface area contributed by atoms with Crippen molar-refractivity contribution in [3.8, 4) is 0 Å². The van der Waals surface area contributed by atoms with Gasteiger partial charge in [0.15, 0.2) is 0 Å². The predicted molar refractivity (Wildman–Crippen MR) is 84.0 cm³/mol. The number of benzene rings is 1. The van der Waals surface area contributed by atoms with Crippen molar-refractivity contribution in [1.82, 2.24) is 5.32 Å². The molecule has 6 heteroatoms. The molecule has 1 fully saturated rings. The summed E-state index contributed by atoms with van der Waals surface area (Å²) in [6, 6.07) is 9.55. The quantitative estimate of drug-likeness (QED) is 0.708. The largest absolute Gasteiger partial charge is 0.376 e. The van der Waals surface area contributed by atoms with Gasteiger partial charge < -0.3 is 10.1 Å². The average molecular weight is 329 g/mol. The SMILES string of the molecule is CC(=O)NCCSC[C@@H]1[C@H](COCc2ccccc2)C1(F)F. The number of carbonyl (C=O) groups is 1. The molecule has 2 rings (SSSR count). The second-order valence-electron chi connectivity index (χ2n) is 5.45. The van der Waals surface area contributed by atoms with E-state index in [2.05, 4.69) is 5.32 Å². The molecule has 0 radical (unpaired) electrons. The molecular weight excluding hydrogens is 308 g/mol. The van der Waals surface area contributed by atoms with Crippen LogP contribution in [0.2, 0.25) is 0 Å². The van der Waals surface area contributed by atoms with Crippen LogP contribution in [0.15, 0.2) is 30.3 Å². The smallest absolute Gasteiger partial charge is 0.257 e. The Bertz CT molecular complexity index is 484. The normalized spacial score (nSPS) is 22.3. The van der Waals surface area contributed by atoms with Crippen LogP contribution in [0.1, 0.15) is 12.5 Å². The molecule has 1 aliphatic rings. The van der Waals surface area contributed by atoms with E-state index in [0.29, 0.717) is 24.7 Å². The highest BCUT2D eigenvalue weighted by molar-refractivity contribution is 7.99. The van der Waals surface area contributed by atoms with E-state index in [1.165, 1.54) is 18.7 Å². The maximum Gasteiger partial charge on any atom is 0.257 e. The first-order valence-corrected chi connectivity index (χ1v) is 8.49. The first-order chi connectivity index (χ1) is 10.5. The zero-order valence-corrected chi connectivity index (χ0v) is 13.4. The number of nitrogens with one attached hydrogen (secondary N) is 1. The highest BCUT2D eigenvalue weighted by Crippen LogP contribution is 2.56. The van der Waals surface area contributed by atoms with Gasteiger partial charge in [0.05, 0.1) is 19.1 Å². The van der Waals surface area contributed by atoms with Crippen molar-refractivity contribution in [2.24, 2.45) is 11.8 Å². The second kappa shape index (κ2) is 7.92. The first kappa shape index (κ1) is 17.2. The minimum atomic E-state index is -2.61. The van der Waals surface area contributed by atoms with Crippen LogP contribution in [0.3, 0.4) is 0 Å². The summed E-state index contributed by atoms with van der Waals surface area (Å²) in [6.07, 6.45) is 0. The van der Waals surface area contributed by atoms with E-state index in [1.54, 1.807) is 0 Å². The van der Waals surface area contributed by atoms with E-state index >= 15 is 0 Å². The molecule has 1 N–H and O–H groups in total. The molecule has 1 amide bonds. The van der Waals surface area contributed by atoms with Crippen LogP contribution in [-0.4, -0.2) is 36.5 Å². The lowest BCUT2D eigenvalue weighted by molar-refractivity contribution is -0.118. The molecule has 0 aliphatic heterocycles. The summed E-state index contributed by atoms with van der Waals surface area (Å²) in [7, 11) is 0. The first-order valence-electron chi connectivity index (χ1n) is 7.33. The van der Waals surface area contributed by atoms with E-state index in [4.69, 9.17) is 4.74 Å². The van der Waals surface area contributed by atoms with E-state index in [0.717, 1.165) is 5.56 Å². The number of alkyl halides is 2. The fourth-order valence-corrected chi connectivity index (χ4v) is 3.42. The Kier molecular flexibility index (Phi) is 6.20. The van der Waals surface area contributed by atoms with E-state index in [9.17, 15) is 13.6 Å². The van der Waals surface area contributed by atoms with Crippen LogP contribution in [0.4, 0.5) is 8.78 Å². The highest BCUT2D eigenvalue weighted by Gasteiger charge is 2.67. The van der Waals surface area contributed by atoms with E-state index in [-0.39, 0.29) is 12.5 Å². The third-order valence-corrected chi connectivity index (χ3v) is 4.78. The Morgan fingerprint density at radius 2 is 2.05 bits per heavy atom. The van der Waals surface area contributed by atoms with Gasteiger partial charge in [-0.1, -0.05) is 30.3 Å². The monoisotopic (exact) mass is 329 g/mol. The third kappa shape index (κ3) is 4.95. The van der Waals surface area contributed by atoms with Gasteiger partial charge in [0.2, 0.25) is 5.91 Å². The molecule has 2 atom stereocenters. The van der Waals surface area contributed by atoms with Crippen LogP contribution in [0, 0.1) is 11.8 Å². The van der Waals surface area contributed by atoms with Crippen molar-refractivity contribution in [2.45, 2.75) is 19.5 Å². The number of hydrogen-bond donors (Lipinski definition) is 1. The minimum Gasteiger partial charge on any atom is -0.376 e. The van der Waals surface area contributed by atoms with Crippen molar-refractivity contribution >= 4 is 17.7 Å². The van der Waals surface area contributed by atoms with Gasteiger partial charge in [-0.3, -0.25) is 4.79 Å². The summed E-state index contributed by atoms with van der Waals surface area (Å²) < 4.78 is 32.7. The number of amides is 1. The maximum atomic E-state index is 13.7. The lowest BCUT2D eigenvalue weighted by Crippen LogP contribution is -2.22. The molecular formula is C16H21F2NO2S. The van der Waals surface area contributed by atoms with Gasteiger partial charge >= 0.3 is 0 Å². The Morgan fingerprint density at radius 1 is 1.32 bits per heavy atom. The summed E-state index contributed by atoms with van der Waals surface area (Å²) in [4.78, 5) is 10.7. The number of halogens is 2. The molecule has 0 aromatic heterocycles. The number of hydrogen-bond acceptors (Lipinski definition) is 3. The lowest BCUT2D eigenvalue weighted by Gasteiger charge is -2.03. The van der Waals surface area contributed by atoms with E-state index in [1.807, 2.05) is 30.3 Å². The minimum absolute atomic E-state index is 0.0930. The van der Waals surface area contributed by atoms with Gasteiger partial charge in [-0.15, -0.1) is 0 Å². The highest BCUT2D eigenvalue weighted by atomic mass is 32.2. The van der Waals surface area contributed by atoms with Gasteiger partial charge in [0.1, 0.15) is 0 Å². The van der Waals surface area contributed by atoms with Crippen molar-refractivity contribution in [1.29, 1.82) is 0 Å². The molecule has 22 heavy (non-hydrogen) atoms. The molecule has 1 aromatic carbocycles. The molecule has 1 saturated carbocycles. The number of ether oxygens (including phenoxy) is 1. The Balaban J connectivity index is 1.61. The van der Waals surface area contributed by atoms with Gasteiger partial charge in [-0.25, -0.2) is 8.78 Å². The zero-order valence-electron chi connectivity index (χ0n) is 12.6. The van der Waals surface area contributed by atoms with Gasteiger partial charge in [-0.05, 0) is 5.56 Å². The van der Waals surface area contributed by atoms with Crippen molar-refractivity contribution in [3.05, 3.63) is 35.9 Å². The molecule has 0 unspecified atom stereocenters. The van der Waals surface area contributed by atoms with Gasteiger partial charge in [0.25, 0.3) is 5.92 Å². The fraction of sp³-hybridized carbons (Fsp3) is 0.562. The van der Waals surface area contributed by atoms with Crippen LogP contribution >= 0.6 is 11.8 Å². The Labute approximate surface area is 133 Å². The molecule has 122 valence electrons. The lowest BCUT2D eigenvalue weighted by atomic mass is 10.2. The number of rotatable bonds is 9. The predicted octanol–water partition coefficient (Wildman–Crippen LogP) is 2.95. The van der Waals surface area contributed by atoms with Crippen LogP contribution in [-0.2, 0) is 16.1 Å². The summed E-state index contributed by atoms with van der Waals surface area (Å²) in [5.74, 6) is -2.92. The van der Waals surface area contributed by atoms with E-state index < -0.39 is 17.8 Å². The van der Waals surface area contributed by atoms with Gasteiger partial charge in [-0.2, -0.15) is 11.8 Å². The molecule has 0 saturated heterocycles. The molecule has 0 bridgehead atoms. The number of thioether (sulfide) groups is 1. The zero-order chi connectivity index (χ0) is 16.0. The van der Waals surface area contributed by atoms with Gasteiger partial charge in [0, 0.05) is 30.9 Å². The van der Waals surface area contributed by atoms with Crippen molar-refractivity contribution < 1.29 is 18.3 Å². The molecule has 0 heterocycles. The van der Waals surface area contributed by atoms with Crippen molar-refractivity contribution in [3.63, 3.8) is 0 Å². The topological polar surface area (TPSA) is 38.3 Å². The van der Waals surface area contributed by atoms with Crippen LogP contribution in [0.5, 0.6) is 0 Å². The maximum absolute atomic E-state index is 13.7. The molecule has 1 aromatic rings. The third-order valence-electron chi connectivity index (χ3n) is 3.69. The average Bonchev–Trinajstić information content (AvgIpc) is 3.00. The second-order valence-corrected chi connectivity index (χ2v) is 6.60. The Morgan fingerprint density at radius 3 is 2.73 bits per heavy atom. The number of carbonyl (C=O) groups excluding carboxylic acids is 1. The molecule has 3 nitrogen and oxygen atoms in total. The summed E-state index contributed by atoms with van der Waals surface area (Å²) in [6.45, 7) is 2.43. The standard InChI is InChI=1S/C16H21F2NO2S/c1-12(20)19-7-8-22-11-15-14(16(15,17)18)10-21-9-13-5-3-2-4-6-13/h2-6,14-15H,7-11H2,1H3,(H,19,20)/t14-,15+/m0/s1. The summed E-state index contributed by atoms with van der Waals surface area (Å²) >= 11 is 1.45. The summed E-state index contributed by atoms with van der Waals surface area (Å²) in [5, 5.41) is 2.65. The Hall–Kier alpha value is -1.14. The van der Waals surface area contributed by atoms with Crippen molar-refractivity contribution in [2.75, 3.05) is 24.7 Å². The summed E-state index contributed by atoms with van der Waals surface area (Å²) in [5.41, 5.74) is 0.993. The van der Waals surface area contributed by atoms with Crippen LogP contribution in [0.25, 0.3) is 0 Å². The molecule has 0 spiro atoms. The fourth-order valence-electron chi connectivity index (χ4n) is 2.30. The van der Waals surface area contributed by atoms with Crippen LogP contribution < -0.4 is 5.32 Å². The molecule has 1 aliphatic carbocycles.